The third-order valence-electron chi connectivity index (χ3n) is 0.614. The van der Waals surface area contributed by atoms with Crippen molar-refractivity contribution in [3.05, 3.63) is 0 Å². The lowest BCUT2D eigenvalue weighted by Crippen LogP contribution is -1.86. The Morgan fingerprint density at radius 2 is 1.31 bits per heavy atom. The van der Waals surface area contributed by atoms with E-state index in [4.69, 9.17) is 24.9 Å². The highest BCUT2D eigenvalue weighted by atomic mass is 16.5. The molecule has 0 unspecified atom stereocenters. The first kappa shape index (κ1) is 23.9. The van der Waals surface area contributed by atoms with E-state index in [0.29, 0.717) is 19.7 Å². The number of carbonyl (C=O) groups excluding carboxylic acids is 1. The molecule has 0 aromatic carbocycles. The second kappa shape index (κ2) is 50.4. The van der Waals surface area contributed by atoms with Gasteiger partial charge in [0.25, 0.3) is 19.4 Å². The molecule has 0 aliphatic rings. The molecule has 0 saturated carbocycles. The maximum absolute atomic E-state index is 9.34. The van der Waals surface area contributed by atoms with Crippen LogP contribution in [0.5, 0.6) is 0 Å². The summed E-state index contributed by atoms with van der Waals surface area (Å²) in [7, 11) is 0. The minimum atomic E-state index is -0.250. The van der Waals surface area contributed by atoms with Crippen molar-refractivity contribution in [2.24, 2.45) is 0 Å². The Morgan fingerprint density at radius 3 is 1.38 bits per heavy atom. The maximum Gasteiger partial charge on any atom is 0.293 e. The van der Waals surface area contributed by atoms with Crippen LogP contribution in [0, 0.1) is 0 Å². The molecule has 0 saturated heterocycles. The zero-order valence-electron chi connectivity index (χ0n) is 9.54. The number of aliphatic hydroxyl groups is 1. The number of carboxylic acid groups (broad SMARTS) is 2. The minimum absolute atomic E-state index is 0.250. The third-order valence-corrected chi connectivity index (χ3v) is 0.614. The van der Waals surface area contributed by atoms with Gasteiger partial charge in [0.1, 0.15) is 0 Å². The summed E-state index contributed by atoms with van der Waals surface area (Å²) in [5.41, 5.74) is 0. The van der Waals surface area contributed by atoms with Gasteiger partial charge in [-0.05, 0) is 12.8 Å². The van der Waals surface area contributed by atoms with Crippen molar-refractivity contribution in [3.63, 3.8) is 0 Å². The first-order chi connectivity index (χ1) is 7.66. The second-order valence-electron chi connectivity index (χ2n) is 1.90. The molecule has 7 heteroatoms. The van der Waals surface area contributed by atoms with E-state index in [9.17, 15) is 4.79 Å². The minimum Gasteiger partial charge on any atom is -0.483 e. The van der Waals surface area contributed by atoms with Crippen LogP contribution in [0.4, 0.5) is 0 Å². The monoisotopic (exact) mass is 240 g/mol. The number of ether oxygens (including phenoxy) is 1. The van der Waals surface area contributed by atoms with Gasteiger partial charge < -0.3 is 20.1 Å². The number of rotatable bonds is 4. The molecule has 0 amide bonds. The molecule has 0 rings (SSSR count). The first-order valence-corrected chi connectivity index (χ1v) is 4.48. The highest BCUT2D eigenvalue weighted by molar-refractivity contribution is 5.36. The van der Waals surface area contributed by atoms with Crippen molar-refractivity contribution in [2.45, 2.75) is 26.7 Å². The average molecular weight is 240 g/mol. The summed E-state index contributed by atoms with van der Waals surface area (Å²) in [6.45, 7) is 4.70. The number of carbonyl (C=O) groups is 3. The van der Waals surface area contributed by atoms with Crippen molar-refractivity contribution < 1.29 is 34.4 Å². The molecule has 0 radical (unpaired) electrons. The van der Waals surface area contributed by atoms with Crippen LogP contribution in [0.3, 0.4) is 0 Å². The van der Waals surface area contributed by atoms with Crippen molar-refractivity contribution in [2.75, 3.05) is 13.2 Å². The van der Waals surface area contributed by atoms with Crippen LogP contribution >= 0.6 is 0 Å². The smallest absolute Gasteiger partial charge is 0.293 e. The summed E-state index contributed by atoms with van der Waals surface area (Å²) in [5.74, 6) is 0. The fourth-order valence-corrected chi connectivity index (χ4v) is 0.166. The number of aliphatic hydroxyl groups excluding tert-OH is 1. The number of hydrogen-bond acceptors (Lipinski definition) is 5. The highest BCUT2D eigenvalue weighted by Crippen LogP contribution is 1.71. The van der Waals surface area contributed by atoms with Gasteiger partial charge in [-0.15, -0.1) is 0 Å². The van der Waals surface area contributed by atoms with E-state index >= 15 is 0 Å². The van der Waals surface area contributed by atoms with Crippen molar-refractivity contribution in [1.82, 2.24) is 0 Å². The molecule has 0 fully saturated rings. The van der Waals surface area contributed by atoms with Gasteiger partial charge in [-0.3, -0.25) is 14.4 Å². The van der Waals surface area contributed by atoms with Gasteiger partial charge in [0.05, 0.1) is 6.61 Å². The fraction of sp³-hybridized carbons (Fsp3) is 0.667. The van der Waals surface area contributed by atoms with Gasteiger partial charge in [-0.1, -0.05) is 13.8 Å². The molecule has 0 aliphatic carbocycles. The molecule has 7 nitrogen and oxygen atoms in total. The van der Waals surface area contributed by atoms with Gasteiger partial charge >= 0.3 is 0 Å². The Labute approximate surface area is 94.7 Å². The molecule has 16 heavy (non-hydrogen) atoms. The van der Waals surface area contributed by atoms with Crippen molar-refractivity contribution >= 4 is 19.4 Å². The summed E-state index contributed by atoms with van der Waals surface area (Å²) in [6, 6.07) is 0. The van der Waals surface area contributed by atoms with Crippen LogP contribution < -0.4 is 0 Å². The molecule has 0 spiro atoms. The normalized spacial score (nSPS) is 6.19. The molecule has 0 aliphatic heterocycles. The molecule has 98 valence electrons. The van der Waals surface area contributed by atoms with E-state index in [1.54, 1.807) is 0 Å². The summed E-state index contributed by atoms with van der Waals surface area (Å²) >= 11 is 0. The molecular formula is C9H20O7. The summed E-state index contributed by atoms with van der Waals surface area (Å²) in [6.07, 6.45) is 1.78. The van der Waals surface area contributed by atoms with Crippen LogP contribution in [0.2, 0.25) is 0 Å². The fourth-order valence-electron chi connectivity index (χ4n) is 0.166. The zero-order valence-corrected chi connectivity index (χ0v) is 9.54. The molecule has 0 bridgehead atoms. The van der Waals surface area contributed by atoms with E-state index in [1.165, 1.54) is 0 Å². The highest BCUT2D eigenvalue weighted by Gasteiger charge is 1.71. The van der Waals surface area contributed by atoms with E-state index in [0.717, 1.165) is 12.8 Å². The third kappa shape index (κ3) is 285. The van der Waals surface area contributed by atoms with Crippen LogP contribution in [0.15, 0.2) is 0 Å². The predicted molar refractivity (Wildman–Crippen MR) is 57.1 cm³/mol. The van der Waals surface area contributed by atoms with Crippen LogP contribution in [-0.4, -0.2) is 48.0 Å². The van der Waals surface area contributed by atoms with Crippen molar-refractivity contribution in [3.8, 4) is 0 Å². The SMILES string of the molecule is CCCO.CCCOC=O.O=CO.O=CO. The molecule has 0 aromatic heterocycles. The lowest BCUT2D eigenvalue weighted by Gasteiger charge is -1.86. The largest absolute Gasteiger partial charge is 0.483 e. The lowest BCUT2D eigenvalue weighted by atomic mass is 10.5. The molecule has 3 N–H and O–H groups in total. The Hall–Kier alpha value is -1.63. The van der Waals surface area contributed by atoms with Crippen LogP contribution in [0.1, 0.15) is 26.7 Å². The van der Waals surface area contributed by atoms with Crippen molar-refractivity contribution in [1.29, 1.82) is 0 Å². The standard InChI is InChI=1S/C4H8O2.C3H8O.2CH2O2/c1-2-3-6-4-5;1-2-3-4;2*2-1-3/h4H,2-3H2,1H3;4H,2-3H2,1H3;2*1H,(H,2,3). The Morgan fingerprint density at radius 1 is 1.00 bits per heavy atom. The lowest BCUT2D eigenvalue weighted by molar-refractivity contribution is -0.128. The van der Waals surface area contributed by atoms with Gasteiger partial charge in [0.2, 0.25) is 0 Å². The number of hydrogen-bond donors (Lipinski definition) is 3. The van der Waals surface area contributed by atoms with E-state index in [1.807, 2.05) is 13.8 Å². The summed E-state index contributed by atoms with van der Waals surface area (Å²) in [5, 5.41) is 21.7. The van der Waals surface area contributed by atoms with Gasteiger partial charge in [-0.2, -0.15) is 0 Å². The Bertz CT molecular complexity index is 108. The molecule has 0 atom stereocenters. The molecular weight excluding hydrogens is 220 g/mol. The van der Waals surface area contributed by atoms with E-state index in [-0.39, 0.29) is 12.9 Å². The quantitative estimate of drug-likeness (QED) is 0.479. The van der Waals surface area contributed by atoms with E-state index < -0.39 is 0 Å². The van der Waals surface area contributed by atoms with Gasteiger partial charge in [0.15, 0.2) is 0 Å². The Kier molecular flexibility index (Phi) is 75.3. The topological polar surface area (TPSA) is 121 Å². The maximum atomic E-state index is 9.34. The van der Waals surface area contributed by atoms with Gasteiger partial charge in [-0.25, -0.2) is 0 Å². The summed E-state index contributed by atoms with van der Waals surface area (Å²) in [4.78, 5) is 26.1. The average Bonchev–Trinajstić information content (AvgIpc) is 2.29. The molecule has 0 aromatic rings. The zero-order chi connectivity index (χ0) is 13.7. The summed E-state index contributed by atoms with van der Waals surface area (Å²) < 4.78 is 4.30. The van der Waals surface area contributed by atoms with Crippen LogP contribution in [0.25, 0.3) is 0 Å². The van der Waals surface area contributed by atoms with Gasteiger partial charge in [0, 0.05) is 6.61 Å². The molecule has 0 heterocycles. The second-order valence-corrected chi connectivity index (χ2v) is 1.90. The Balaban J connectivity index is -0.0000000635. The predicted octanol–water partition coefficient (Wildman–Crippen LogP) is 0.360. The van der Waals surface area contributed by atoms with E-state index in [2.05, 4.69) is 4.74 Å². The first-order valence-electron chi connectivity index (χ1n) is 4.48. The van der Waals surface area contributed by atoms with Crippen LogP contribution in [-0.2, 0) is 19.1 Å².